The number of para-hydroxylation sites is 2. The second-order valence-electron chi connectivity index (χ2n) is 17.3. The van der Waals surface area contributed by atoms with Crippen LogP contribution in [0.15, 0.2) is 231 Å². The molecule has 0 bridgehead atoms. The summed E-state index contributed by atoms with van der Waals surface area (Å²) in [5, 5.41) is 9.65. The van der Waals surface area contributed by atoms with Crippen LogP contribution in [-0.4, -0.2) is 19.1 Å². The molecule has 0 fully saturated rings. The van der Waals surface area contributed by atoms with Crippen molar-refractivity contribution in [3.63, 3.8) is 0 Å². The van der Waals surface area contributed by atoms with Crippen LogP contribution >= 0.6 is 11.3 Å². The molecule has 10 aromatic carbocycles. The first-order chi connectivity index (χ1) is 33.2. The summed E-state index contributed by atoms with van der Waals surface area (Å²) >= 11 is 1.77. The molecule has 0 amide bonds. The normalized spacial score (nSPS) is 11.9. The highest BCUT2D eigenvalue weighted by Crippen LogP contribution is 2.48. The SMILES string of the molecule is c1ccc(-c2sc3c(-c4ccccc4)nc(-n4c5ccc(-c6cccc7c8c9ccccc9ccc8n(-c8ccccc8)c67)cc5c5cc6ccccc6cc54)nc3c2-c2ccccc2)cc1. The smallest absolute Gasteiger partial charge is 0.235 e. The maximum atomic E-state index is 5.68. The van der Waals surface area contributed by atoms with Gasteiger partial charge in [-0.2, -0.15) is 0 Å². The van der Waals surface area contributed by atoms with Crippen molar-refractivity contribution in [3.8, 4) is 55.6 Å². The molecule has 0 unspecified atom stereocenters. The minimum Gasteiger partial charge on any atom is -0.309 e. The minimum absolute atomic E-state index is 0.641. The number of thiophene rings is 1. The third-order valence-electron chi connectivity index (χ3n) is 13.5. The first-order valence-corrected chi connectivity index (χ1v) is 23.6. The fourth-order valence-corrected chi connectivity index (χ4v) is 11.8. The zero-order chi connectivity index (χ0) is 44.0. The van der Waals surface area contributed by atoms with Gasteiger partial charge in [-0.25, -0.2) is 9.97 Å². The van der Waals surface area contributed by atoms with E-state index in [4.69, 9.17) is 9.97 Å². The van der Waals surface area contributed by atoms with Crippen molar-refractivity contribution in [2.45, 2.75) is 0 Å². The number of hydrogen-bond acceptors (Lipinski definition) is 3. The molecule has 5 heteroatoms. The zero-order valence-corrected chi connectivity index (χ0v) is 37.0. The molecule has 4 heterocycles. The van der Waals surface area contributed by atoms with Crippen LogP contribution in [0.4, 0.5) is 0 Å². The van der Waals surface area contributed by atoms with Gasteiger partial charge in [-0.1, -0.05) is 188 Å². The fourth-order valence-electron chi connectivity index (χ4n) is 10.5. The first kappa shape index (κ1) is 37.7. The second-order valence-corrected chi connectivity index (χ2v) is 18.3. The molecule has 0 aliphatic heterocycles. The van der Waals surface area contributed by atoms with Crippen LogP contribution < -0.4 is 0 Å². The van der Waals surface area contributed by atoms with Crippen LogP contribution in [0.5, 0.6) is 0 Å². The second kappa shape index (κ2) is 15.0. The predicted molar refractivity (Wildman–Crippen MR) is 283 cm³/mol. The van der Waals surface area contributed by atoms with E-state index in [0.717, 1.165) is 71.2 Å². The van der Waals surface area contributed by atoms with Gasteiger partial charge >= 0.3 is 0 Å². The van der Waals surface area contributed by atoms with E-state index in [0.29, 0.717) is 5.95 Å². The lowest BCUT2D eigenvalue weighted by atomic mass is 9.98. The molecule has 312 valence electrons. The van der Waals surface area contributed by atoms with Gasteiger partial charge in [0, 0.05) is 48.8 Å². The van der Waals surface area contributed by atoms with Crippen molar-refractivity contribution in [2.75, 3.05) is 0 Å². The summed E-state index contributed by atoms with van der Waals surface area (Å²) in [5.41, 5.74) is 14.3. The van der Waals surface area contributed by atoms with Crippen molar-refractivity contribution in [3.05, 3.63) is 231 Å². The maximum Gasteiger partial charge on any atom is 0.235 e. The Labute approximate surface area is 389 Å². The Balaban J connectivity index is 1.08. The molecule has 14 rings (SSSR count). The lowest BCUT2D eigenvalue weighted by Crippen LogP contribution is -2.03. The van der Waals surface area contributed by atoms with Gasteiger partial charge in [0.05, 0.1) is 38.0 Å². The molecule has 0 spiro atoms. The third-order valence-corrected chi connectivity index (χ3v) is 14.7. The first-order valence-electron chi connectivity index (χ1n) is 22.7. The molecule has 4 aromatic heterocycles. The Hall–Kier alpha value is -8.64. The summed E-state index contributed by atoms with van der Waals surface area (Å²) < 4.78 is 5.82. The van der Waals surface area contributed by atoms with E-state index in [2.05, 4.69) is 240 Å². The lowest BCUT2D eigenvalue weighted by Gasteiger charge is -2.13. The van der Waals surface area contributed by atoms with Crippen LogP contribution in [-0.2, 0) is 0 Å². The zero-order valence-electron chi connectivity index (χ0n) is 36.1. The van der Waals surface area contributed by atoms with Crippen molar-refractivity contribution in [1.29, 1.82) is 0 Å². The summed E-state index contributed by atoms with van der Waals surface area (Å²) in [5.74, 6) is 0.641. The van der Waals surface area contributed by atoms with E-state index in [1.807, 2.05) is 0 Å². The third kappa shape index (κ3) is 5.85. The summed E-state index contributed by atoms with van der Waals surface area (Å²) in [6.07, 6.45) is 0. The summed E-state index contributed by atoms with van der Waals surface area (Å²) in [6.45, 7) is 0. The summed E-state index contributed by atoms with van der Waals surface area (Å²) in [7, 11) is 0. The Bertz CT molecular complexity index is 4240. The van der Waals surface area contributed by atoms with Gasteiger partial charge in [0.25, 0.3) is 0 Å². The largest absolute Gasteiger partial charge is 0.309 e. The number of hydrogen-bond donors (Lipinski definition) is 0. The Morgan fingerprint density at radius 1 is 0.373 bits per heavy atom. The Kier molecular flexibility index (Phi) is 8.42. The molecule has 0 aliphatic rings. The lowest BCUT2D eigenvalue weighted by molar-refractivity contribution is 1.02. The number of nitrogens with zero attached hydrogens (tertiary/aromatic N) is 4. The van der Waals surface area contributed by atoms with E-state index < -0.39 is 0 Å². The van der Waals surface area contributed by atoms with Crippen LogP contribution in [0.25, 0.3) is 131 Å². The topological polar surface area (TPSA) is 35.6 Å². The number of fused-ring (bicyclic) bond motifs is 10. The molecule has 67 heavy (non-hydrogen) atoms. The summed E-state index contributed by atoms with van der Waals surface area (Å²) in [6, 6.07) is 83.2. The van der Waals surface area contributed by atoms with Gasteiger partial charge in [0.1, 0.15) is 0 Å². The van der Waals surface area contributed by atoms with E-state index >= 15 is 0 Å². The van der Waals surface area contributed by atoms with E-state index in [-0.39, 0.29) is 0 Å². The van der Waals surface area contributed by atoms with Gasteiger partial charge in [-0.15, -0.1) is 11.3 Å². The van der Waals surface area contributed by atoms with Gasteiger partial charge in [0.2, 0.25) is 5.95 Å². The minimum atomic E-state index is 0.641. The highest BCUT2D eigenvalue weighted by molar-refractivity contribution is 7.23. The van der Waals surface area contributed by atoms with Gasteiger partial charge in [0.15, 0.2) is 0 Å². The average molecular weight is 871 g/mol. The highest BCUT2D eigenvalue weighted by atomic mass is 32.1. The standard InChI is InChI=1S/C62H38N4S/c1-5-19-40(20-6-1)55-58-61(67-60(55)42-23-9-3-10-24-42)57(41-21-7-2-8-22-41)63-62(64-58)66-52-34-33-45(37-50(52)51-36-43-25-13-14-26-44(43)38-54(51)66)48-30-17-31-49-56-47-29-16-15-18-39(47)32-35-53(56)65(59(48)49)46-27-11-4-12-28-46/h1-38H. The van der Waals surface area contributed by atoms with E-state index in [1.54, 1.807) is 11.3 Å². The molecule has 0 radical (unpaired) electrons. The number of aromatic nitrogens is 4. The van der Waals surface area contributed by atoms with Crippen LogP contribution in [0.3, 0.4) is 0 Å². The monoisotopic (exact) mass is 870 g/mol. The number of benzene rings is 10. The molecule has 14 aromatic rings. The molecular formula is C62H38N4S. The predicted octanol–water partition coefficient (Wildman–Crippen LogP) is 16.9. The van der Waals surface area contributed by atoms with Crippen molar-refractivity contribution >= 4 is 86.7 Å². The quantitative estimate of drug-likeness (QED) is 0.167. The molecule has 0 atom stereocenters. The number of rotatable bonds is 6. The van der Waals surface area contributed by atoms with Crippen LogP contribution in [0, 0.1) is 0 Å². The van der Waals surface area contributed by atoms with Gasteiger partial charge < -0.3 is 4.57 Å². The average Bonchev–Trinajstić information content (AvgIpc) is 4.06. The maximum absolute atomic E-state index is 5.68. The van der Waals surface area contributed by atoms with Crippen molar-refractivity contribution in [2.24, 2.45) is 0 Å². The van der Waals surface area contributed by atoms with Crippen LogP contribution in [0.2, 0.25) is 0 Å². The Morgan fingerprint density at radius 2 is 0.985 bits per heavy atom. The Morgan fingerprint density at radius 3 is 1.75 bits per heavy atom. The molecular weight excluding hydrogens is 833 g/mol. The van der Waals surface area contributed by atoms with Gasteiger partial charge in [-0.3, -0.25) is 4.57 Å². The summed E-state index contributed by atoms with van der Waals surface area (Å²) in [4.78, 5) is 12.5. The molecule has 0 saturated heterocycles. The molecule has 0 N–H and O–H groups in total. The van der Waals surface area contributed by atoms with E-state index in [9.17, 15) is 0 Å². The fraction of sp³-hybridized carbons (Fsp3) is 0. The highest BCUT2D eigenvalue weighted by Gasteiger charge is 2.25. The van der Waals surface area contributed by atoms with Crippen LogP contribution in [0.1, 0.15) is 0 Å². The van der Waals surface area contributed by atoms with Gasteiger partial charge in [-0.05, 0) is 80.7 Å². The molecule has 4 nitrogen and oxygen atoms in total. The van der Waals surface area contributed by atoms with E-state index in [1.165, 1.54) is 53.8 Å². The molecule has 0 aliphatic carbocycles. The molecule has 0 saturated carbocycles. The van der Waals surface area contributed by atoms with Crippen molar-refractivity contribution in [1.82, 2.24) is 19.1 Å². The van der Waals surface area contributed by atoms with Crippen molar-refractivity contribution < 1.29 is 0 Å².